The van der Waals surface area contributed by atoms with E-state index in [1.807, 2.05) is 49.4 Å². The number of benzene rings is 2. The Labute approximate surface area is 182 Å². The van der Waals surface area contributed by atoms with Crippen molar-refractivity contribution in [1.29, 1.82) is 0 Å². The molecule has 2 aromatic carbocycles. The second-order valence-corrected chi connectivity index (χ2v) is 8.40. The van der Waals surface area contributed by atoms with Crippen molar-refractivity contribution in [2.24, 2.45) is 0 Å². The molecule has 2 aliphatic rings. The minimum Gasteiger partial charge on any atom is -0.493 e. The summed E-state index contributed by atoms with van der Waals surface area (Å²) in [7, 11) is 3.25. The number of amides is 3. The second-order valence-electron chi connectivity index (χ2n) is 8.40. The average Bonchev–Trinajstić information content (AvgIpc) is 3.00. The summed E-state index contributed by atoms with van der Waals surface area (Å²) in [6.45, 7) is 3.51. The van der Waals surface area contributed by atoms with Gasteiger partial charge in [-0.1, -0.05) is 30.3 Å². The number of rotatable bonds is 7. The molecule has 0 unspecified atom stereocenters. The molecule has 1 fully saturated rings. The Balaban J connectivity index is 1.42. The van der Waals surface area contributed by atoms with Gasteiger partial charge in [-0.25, -0.2) is 9.69 Å². The van der Waals surface area contributed by atoms with Gasteiger partial charge >= 0.3 is 6.03 Å². The zero-order valence-corrected chi connectivity index (χ0v) is 18.3. The molecule has 0 spiro atoms. The van der Waals surface area contributed by atoms with Crippen molar-refractivity contribution in [1.82, 2.24) is 15.1 Å². The van der Waals surface area contributed by atoms with E-state index in [1.54, 1.807) is 14.2 Å². The van der Waals surface area contributed by atoms with Gasteiger partial charge in [0.15, 0.2) is 11.5 Å². The minimum absolute atomic E-state index is 0.161. The van der Waals surface area contributed by atoms with Gasteiger partial charge in [-0.2, -0.15) is 0 Å². The summed E-state index contributed by atoms with van der Waals surface area (Å²) in [4.78, 5) is 29.3. The summed E-state index contributed by atoms with van der Waals surface area (Å²) >= 11 is 0. The lowest BCUT2D eigenvalue weighted by Gasteiger charge is -2.32. The van der Waals surface area contributed by atoms with Gasteiger partial charge < -0.3 is 14.8 Å². The predicted molar refractivity (Wildman–Crippen MR) is 117 cm³/mol. The highest BCUT2D eigenvalue weighted by Crippen LogP contribution is 2.33. The van der Waals surface area contributed by atoms with Crippen molar-refractivity contribution >= 4 is 11.9 Å². The Morgan fingerprint density at radius 2 is 1.71 bits per heavy atom. The van der Waals surface area contributed by atoms with E-state index in [4.69, 9.17) is 9.47 Å². The van der Waals surface area contributed by atoms with Gasteiger partial charge in [-0.05, 0) is 55.0 Å². The zero-order chi connectivity index (χ0) is 22.0. The molecular weight excluding hydrogens is 394 g/mol. The molecule has 0 aliphatic carbocycles. The van der Waals surface area contributed by atoms with Crippen LogP contribution in [0.2, 0.25) is 0 Å². The maximum atomic E-state index is 13.1. The Hall–Kier alpha value is -3.06. The van der Waals surface area contributed by atoms with Crippen LogP contribution >= 0.6 is 0 Å². The first-order valence-electron chi connectivity index (χ1n) is 10.6. The number of carbonyl (C=O) groups is 2. The molecule has 7 heteroatoms. The topological polar surface area (TPSA) is 71.1 Å². The van der Waals surface area contributed by atoms with Crippen molar-refractivity contribution in [2.45, 2.75) is 38.3 Å². The van der Waals surface area contributed by atoms with Crippen LogP contribution in [0.1, 0.15) is 30.0 Å². The number of urea groups is 1. The van der Waals surface area contributed by atoms with Crippen molar-refractivity contribution in [2.75, 3.05) is 27.4 Å². The van der Waals surface area contributed by atoms with Crippen molar-refractivity contribution in [3.05, 3.63) is 59.2 Å². The van der Waals surface area contributed by atoms with Crippen molar-refractivity contribution in [3.63, 3.8) is 0 Å². The fraction of sp³-hybridized carbons (Fsp3) is 0.417. The minimum atomic E-state index is -0.878. The van der Waals surface area contributed by atoms with Crippen LogP contribution < -0.4 is 14.8 Å². The Morgan fingerprint density at radius 1 is 1.03 bits per heavy atom. The van der Waals surface area contributed by atoms with Gasteiger partial charge in [-0.3, -0.25) is 9.69 Å². The standard InChI is InChI=1S/C24H29N3O4/c1-24(11-9-17-7-5-4-6-8-17)22(28)27(23(29)25-24)16-26-12-10-18-13-20(30-2)21(31-3)14-19(18)15-26/h4-8,13-14H,9-12,15-16H2,1-3H3,(H,25,29)/t24-/m1/s1. The average molecular weight is 424 g/mol. The first kappa shape index (κ1) is 21.2. The van der Waals surface area contributed by atoms with Crippen LogP contribution in [0.15, 0.2) is 42.5 Å². The third-order valence-electron chi connectivity index (χ3n) is 6.24. The van der Waals surface area contributed by atoms with Gasteiger partial charge in [0.2, 0.25) is 0 Å². The molecule has 0 bridgehead atoms. The highest BCUT2D eigenvalue weighted by Gasteiger charge is 2.47. The van der Waals surface area contributed by atoms with E-state index in [-0.39, 0.29) is 18.6 Å². The summed E-state index contributed by atoms with van der Waals surface area (Å²) in [5.41, 5.74) is 2.61. The predicted octanol–water partition coefficient (Wildman–Crippen LogP) is 2.96. The number of hydrogen-bond donors (Lipinski definition) is 1. The Kier molecular flexibility index (Phi) is 5.87. The molecule has 31 heavy (non-hydrogen) atoms. The number of aryl methyl sites for hydroxylation is 1. The molecule has 1 saturated heterocycles. The quantitative estimate of drug-likeness (QED) is 0.694. The first-order chi connectivity index (χ1) is 14.9. The molecular formula is C24H29N3O4. The summed E-state index contributed by atoms with van der Waals surface area (Å²) in [5.74, 6) is 1.25. The van der Waals surface area contributed by atoms with Crippen LogP contribution in [0, 0.1) is 0 Å². The Bertz CT molecular complexity index is 978. The number of carbonyl (C=O) groups excluding carboxylic acids is 2. The van der Waals surface area contributed by atoms with Crippen LogP contribution in [0.4, 0.5) is 4.79 Å². The Morgan fingerprint density at radius 3 is 2.39 bits per heavy atom. The summed E-state index contributed by atoms with van der Waals surface area (Å²) in [5, 5.41) is 2.92. The molecule has 164 valence electrons. The second kappa shape index (κ2) is 8.59. The number of nitrogens with one attached hydrogen (secondary N) is 1. The smallest absolute Gasteiger partial charge is 0.326 e. The van der Waals surface area contributed by atoms with E-state index in [9.17, 15) is 9.59 Å². The molecule has 2 aliphatic heterocycles. The molecule has 2 heterocycles. The van der Waals surface area contributed by atoms with E-state index in [2.05, 4.69) is 10.2 Å². The number of hydrogen-bond acceptors (Lipinski definition) is 5. The first-order valence-corrected chi connectivity index (χ1v) is 10.6. The number of methoxy groups -OCH3 is 2. The molecule has 3 amide bonds. The van der Waals surface area contributed by atoms with Crippen LogP contribution in [0.3, 0.4) is 0 Å². The van der Waals surface area contributed by atoms with Crippen LogP contribution in [-0.2, 0) is 24.2 Å². The van der Waals surface area contributed by atoms with Gasteiger partial charge in [-0.15, -0.1) is 0 Å². The van der Waals surface area contributed by atoms with E-state index in [1.165, 1.54) is 10.5 Å². The molecule has 1 N–H and O–H groups in total. The maximum Gasteiger partial charge on any atom is 0.326 e. The number of imide groups is 1. The normalized spacial score (nSPS) is 21.1. The molecule has 7 nitrogen and oxygen atoms in total. The van der Waals surface area contributed by atoms with E-state index < -0.39 is 5.54 Å². The van der Waals surface area contributed by atoms with Crippen molar-refractivity contribution in [3.8, 4) is 11.5 Å². The number of nitrogens with zero attached hydrogens (tertiary/aromatic N) is 2. The molecule has 1 atom stereocenters. The monoisotopic (exact) mass is 423 g/mol. The van der Waals surface area contributed by atoms with Crippen LogP contribution in [0.25, 0.3) is 0 Å². The lowest BCUT2D eigenvalue weighted by atomic mass is 9.93. The largest absolute Gasteiger partial charge is 0.493 e. The number of fused-ring (bicyclic) bond motifs is 1. The van der Waals surface area contributed by atoms with Gasteiger partial charge in [0.25, 0.3) is 5.91 Å². The van der Waals surface area contributed by atoms with Gasteiger partial charge in [0, 0.05) is 13.1 Å². The lowest BCUT2D eigenvalue weighted by molar-refractivity contribution is -0.132. The van der Waals surface area contributed by atoms with E-state index in [0.29, 0.717) is 18.7 Å². The van der Waals surface area contributed by atoms with E-state index in [0.717, 1.165) is 36.3 Å². The van der Waals surface area contributed by atoms with E-state index >= 15 is 0 Å². The maximum absolute atomic E-state index is 13.1. The summed E-state index contributed by atoms with van der Waals surface area (Å²) in [6, 6.07) is 13.7. The van der Waals surface area contributed by atoms with Crippen LogP contribution in [-0.4, -0.2) is 54.7 Å². The molecule has 4 rings (SSSR count). The zero-order valence-electron chi connectivity index (χ0n) is 18.3. The molecule has 0 aromatic heterocycles. The SMILES string of the molecule is COc1cc2c(cc1OC)CN(CN1C(=O)N[C@](C)(CCc3ccccc3)C1=O)CC2. The van der Waals surface area contributed by atoms with Gasteiger partial charge in [0.05, 0.1) is 20.9 Å². The fourth-order valence-corrected chi connectivity index (χ4v) is 4.35. The molecule has 0 radical (unpaired) electrons. The highest BCUT2D eigenvalue weighted by atomic mass is 16.5. The lowest BCUT2D eigenvalue weighted by Crippen LogP contribution is -2.46. The molecule has 2 aromatic rings. The fourth-order valence-electron chi connectivity index (χ4n) is 4.35. The van der Waals surface area contributed by atoms with Gasteiger partial charge in [0.1, 0.15) is 5.54 Å². The third kappa shape index (κ3) is 4.23. The van der Waals surface area contributed by atoms with Crippen molar-refractivity contribution < 1.29 is 19.1 Å². The number of ether oxygens (including phenoxy) is 2. The van der Waals surface area contributed by atoms with Crippen LogP contribution in [0.5, 0.6) is 11.5 Å². The molecule has 0 saturated carbocycles. The summed E-state index contributed by atoms with van der Waals surface area (Å²) < 4.78 is 10.8. The third-order valence-corrected chi connectivity index (χ3v) is 6.24. The summed E-state index contributed by atoms with van der Waals surface area (Å²) in [6.07, 6.45) is 2.12. The highest BCUT2D eigenvalue weighted by molar-refractivity contribution is 6.06.